The first kappa shape index (κ1) is 21.0. The fourth-order valence-corrected chi connectivity index (χ4v) is 3.98. The van der Waals surface area contributed by atoms with Crippen LogP contribution in [0.1, 0.15) is 55.1 Å². The summed E-state index contributed by atoms with van der Waals surface area (Å²) in [7, 11) is 0. The standard InChI is InChI=1S/C22H29N3O4/c1-16(2)25-14-18(13-23-25)20(27)24-12-10-19(26)22(15-24,21(28)29)11-6-9-17-7-4-3-5-8-17/h3-5,7-8,13-14,16,19,26H,6,9-12,15H2,1-2H3,(H,28,29)/t19-,22-/m1/s1. The fraction of sp³-hybridized carbons (Fsp3) is 0.500. The molecule has 2 atom stereocenters. The fourth-order valence-electron chi connectivity index (χ4n) is 3.98. The van der Waals surface area contributed by atoms with Crippen LogP contribution in [0.15, 0.2) is 42.7 Å². The van der Waals surface area contributed by atoms with Gasteiger partial charge in [-0.15, -0.1) is 0 Å². The normalized spacial score (nSPS) is 22.1. The Morgan fingerprint density at radius 3 is 2.62 bits per heavy atom. The summed E-state index contributed by atoms with van der Waals surface area (Å²) < 4.78 is 1.70. The molecule has 2 aromatic rings. The van der Waals surface area contributed by atoms with E-state index in [9.17, 15) is 19.8 Å². The number of piperidine rings is 1. The lowest BCUT2D eigenvalue weighted by atomic mass is 9.73. The smallest absolute Gasteiger partial charge is 0.314 e. The van der Waals surface area contributed by atoms with Gasteiger partial charge in [-0.3, -0.25) is 14.3 Å². The zero-order valence-electron chi connectivity index (χ0n) is 17.0. The zero-order valence-corrected chi connectivity index (χ0v) is 17.0. The largest absolute Gasteiger partial charge is 0.481 e. The van der Waals surface area contributed by atoms with E-state index in [2.05, 4.69) is 5.10 Å². The minimum Gasteiger partial charge on any atom is -0.481 e. The lowest BCUT2D eigenvalue weighted by Crippen LogP contribution is -2.57. The van der Waals surface area contributed by atoms with E-state index in [0.29, 0.717) is 24.9 Å². The highest BCUT2D eigenvalue weighted by atomic mass is 16.4. The van der Waals surface area contributed by atoms with Crippen molar-refractivity contribution in [2.75, 3.05) is 13.1 Å². The number of likely N-dealkylation sites (tertiary alicyclic amines) is 1. The third kappa shape index (κ3) is 4.50. The van der Waals surface area contributed by atoms with Crippen LogP contribution < -0.4 is 0 Å². The number of carboxylic acid groups (broad SMARTS) is 1. The van der Waals surface area contributed by atoms with Crippen molar-refractivity contribution in [3.8, 4) is 0 Å². The highest BCUT2D eigenvalue weighted by Gasteiger charge is 2.49. The van der Waals surface area contributed by atoms with E-state index in [4.69, 9.17) is 0 Å². The average molecular weight is 399 g/mol. The summed E-state index contributed by atoms with van der Waals surface area (Å²) in [5.41, 5.74) is 0.225. The number of rotatable bonds is 7. The van der Waals surface area contributed by atoms with Crippen molar-refractivity contribution < 1.29 is 19.8 Å². The number of aliphatic hydroxyl groups is 1. The Morgan fingerprint density at radius 1 is 1.28 bits per heavy atom. The van der Waals surface area contributed by atoms with E-state index in [0.717, 1.165) is 12.0 Å². The van der Waals surface area contributed by atoms with Crippen molar-refractivity contribution in [2.24, 2.45) is 5.41 Å². The summed E-state index contributed by atoms with van der Waals surface area (Å²) in [5, 5.41) is 24.8. The molecule has 7 heteroatoms. The first-order chi connectivity index (χ1) is 13.8. The number of aryl methyl sites for hydroxylation is 1. The van der Waals surface area contributed by atoms with Gasteiger partial charge in [0, 0.05) is 25.3 Å². The van der Waals surface area contributed by atoms with Crippen molar-refractivity contribution >= 4 is 11.9 Å². The van der Waals surface area contributed by atoms with E-state index in [1.807, 2.05) is 44.2 Å². The Labute approximate surface area is 171 Å². The number of carboxylic acids is 1. The molecule has 1 amide bonds. The highest BCUT2D eigenvalue weighted by Crippen LogP contribution is 2.36. The first-order valence-electron chi connectivity index (χ1n) is 10.1. The second-order valence-corrected chi connectivity index (χ2v) is 8.13. The minimum absolute atomic E-state index is 0.00395. The number of aliphatic hydroxyl groups excluding tert-OH is 1. The van der Waals surface area contributed by atoms with E-state index in [1.54, 1.807) is 15.8 Å². The molecule has 1 fully saturated rings. The summed E-state index contributed by atoms with van der Waals surface area (Å²) >= 11 is 0. The molecule has 1 aliphatic rings. The van der Waals surface area contributed by atoms with Crippen molar-refractivity contribution in [3.63, 3.8) is 0 Å². The molecule has 2 N–H and O–H groups in total. The second-order valence-electron chi connectivity index (χ2n) is 8.13. The third-order valence-electron chi connectivity index (χ3n) is 5.81. The van der Waals surface area contributed by atoms with Crippen LogP contribution in [0.3, 0.4) is 0 Å². The molecular weight excluding hydrogens is 370 g/mol. The van der Waals surface area contributed by atoms with Gasteiger partial charge in [0.05, 0.1) is 17.9 Å². The molecule has 1 aromatic heterocycles. The molecule has 0 spiro atoms. The predicted molar refractivity (Wildman–Crippen MR) is 109 cm³/mol. The Morgan fingerprint density at radius 2 is 2.00 bits per heavy atom. The summed E-state index contributed by atoms with van der Waals surface area (Å²) in [6.07, 6.45) is 4.16. The van der Waals surface area contributed by atoms with Gasteiger partial charge < -0.3 is 15.1 Å². The molecule has 1 aromatic carbocycles. The van der Waals surface area contributed by atoms with Gasteiger partial charge in [0.2, 0.25) is 0 Å². The van der Waals surface area contributed by atoms with Gasteiger partial charge in [0.25, 0.3) is 5.91 Å². The number of hydrogen-bond donors (Lipinski definition) is 2. The summed E-state index contributed by atoms with van der Waals surface area (Å²) in [6.45, 7) is 4.28. The van der Waals surface area contributed by atoms with Crippen LogP contribution in [0.4, 0.5) is 0 Å². The summed E-state index contributed by atoms with van der Waals surface area (Å²) in [4.78, 5) is 26.7. The maximum atomic E-state index is 12.9. The number of nitrogens with zero attached hydrogens (tertiary/aromatic N) is 3. The van der Waals surface area contributed by atoms with Crippen molar-refractivity contribution in [3.05, 3.63) is 53.9 Å². The number of hydrogen-bond acceptors (Lipinski definition) is 4. The predicted octanol–water partition coefficient (Wildman–Crippen LogP) is 2.76. The van der Waals surface area contributed by atoms with Gasteiger partial charge in [-0.05, 0) is 45.1 Å². The molecule has 1 saturated heterocycles. The molecule has 1 aliphatic heterocycles. The number of aliphatic carboxylic acids is 1. The molecule has 7 nitrogen and oxygen atoms in total. The molecule has 0 aliphatic carbocycles. The minimum atomic E-state index is -1.35. The van der Waals surface area contributed by atoms with E-state index < -0.39 is 17.5 Å². The number of aromatic nitrogens is 2. The monoisotopic (exact) mass is 399 g/mol. The van der Waals surface area contributed by atoms with Gasteiger partial charge in [0.15, 0.2) is 0 Å². The van der Waals surface area contributed by atoms with Crippen LogP contribution in [0.5, 0.6) is 0 Å². The maximum Gasteiger partial charge on any atom is 0.314 e. The van der Waals surface area contributed by atoms with Gasteiger partial charge >= 0.3 is 5.97 Å². The highest BCUT2D eigenvalue weighted by molar-refractivity contribution is 5.94. The molecule has 0 saturated carbocycles. The average Bonchev–Trinajstić information content (AvgIpc) is 3.20. The zero-order chi connectivity index (χ0) is 21.0. The molecular formula is C22H29N3O4. The number of carbonyl (C=O) groups excluding carboxylic acids is 1. The molecule has 0 radical (unpaired) electrons. The van der Waals surface area contributed by atoms with Crippen molar-refractivity contribution in [2.45, 2.75) is 51.7 Å². The second kappa shape index (κ2) is 8.78. The maximum absolute atomic E-state index is 12.9. The van der Waals surface area contributed by atoms with Crippen molar-refractivity contribution in [1.29, 1.82) is 0 Å². The van der Waals surface area contributed by atoms with Gasteiger partial charge in [-0.1, -0.05) is 30.3 Å². The van der Waals surface area contributed by atoms with Crippen LogP contribution in [0.25, 0.3) is 0 Å². The quantitative estimate of drug-likeness (QED) is 0.746. The summed E-state index contributed by atoms with van der Waals surface area (Å²) in [5.74, 6) is -1.29. The molecule has 156 valence electrons. The lowest BCUT2D eigenvalue weighted by molar-refractivity contribution is -0.162. The van der Waals surface area contributed by atoms with Crippen LogP contribution in [-0.4, -0.2) is 56.0 Å². The SMILES string of the molecule is CC(C)n1cc(C(=O)N2CC[C@@H](O)[C@](CCCc3ccccc3)(C(=O)O)C2)cn1. The molecule has 3 rings (SSSR count). The van der Waals surface area contributed by atoms with Gasteiger partial charge in [-0.25, -0.2) is 0 Å². The summed E-state index contributed by atoms with van der Waals surface area (Å²) in [6, 6.07) is 10.00. The third-order valence-corrected chi connectivity index (χ3v) is 5.81. The Balaban J connectivity index is 1.73. The van der Waals surface area contributed by atoms with Crippen molar-refractivity contribution in [1.82, 2.24) is 14.7 Å². The Hall–Kier alpha value is -2.67. The Kier molecular flexibility index (Phi) is 6.37. The van der Waals surface area contributed by atoms with E-state index in [1.165, 1.54) is 6.20 Å². The molecule has 0 bridgehead atoms. The Bertz CT molecular complexity index is 849. The number of benzene rings is 1. The topological polar surface area (TPSA) is 95.7 Å². The molecule has 2 heterocycles. The van der Waals surface area contributed by atoms with E-state index in [-0.39, 0.29) is 24.9 Å². The van der Waals surface area contributed by atoms with Crippen LogP contribution in [0, 0.1) is 5.41 Å². The molecule has 0 unspecified atom stereocenters. The van der Waals surface area contributed by atoms with Crippen LogP contribution in [0.2, 0.25) is 0 Å². The molecule has 29 heavy (non-hydrogen) atoms. The lowest BCUT2D eigenvalue weighted by Gasteiger charge is -2.43. The van der Waals surface area contributed by atoms with Crippen LogP contribution >= 0.6 is 0 Å². The number of amides is 1. The first-order valence-corrected chi connectivity index (χ1v) is 10.1. The van der Waals surface area contributed by atoms with Gasteiger partial charge in [-0.2, -0.15) is 5.10 Å². The van der Waals surface area contributed by atoms with E-state index >= 15 is 0 Å². The number of carbonyl (C=O) groups is 2. The van der Waals surface area contributed by atoms with Crippen LogP contribution in [-0.2, 0) is 11.2 Å². The van der Waals surface area contributed by atoms with Gasteiger partial charge in [0.1, 0.15) is 5.41 Å².